The highest BCUT2D eigenvalue weighted by Crippen LogP contribution is 2.10. The molecule has 8 heteroatoms. The van der Waals surface area contributed by atoms with E-state index < -0.39 is 0 Å². The van der Waals surface area contributed by atoms with Gasteiger partial charge in [0.2, 0.25) is 0 Å². The monoisotopic (exact) mass is 380 g/mol. The lowest BCUT2D eigenvalue weighted by Gasteiger charge is -2.07. The van der Waals surface area contributed by atoms with Gasteiger partial charge in [0.25, 0.3) is 0 Å². The highest BCUT2D eigenvalue weighted by molar-refractivity contribution is 5.73. The number of carbonyl (C=O) groups is 1. The van der Waals surface area contributed by atoms with Crippen molar-refractivity contribution in [1.82, 2.24) is 30.0 Å². The fraction of sp³-hybridized carbons (Fsp3) is 0.300. The number of nitrogens with zero attached hydrogens (tertiary/aromatic N) is 4. The molecule has 0 bridgehead atoms. The minimum Gasteiger partial charge on any atom is -0.338 e. The third-order valence-corrected chi connectivity index (χ3v) is 4.31. The Bertz CT molecular complexity index is 950. The van der Waals surface area contributed by atoms with Crippen LogP contribution in [0.15, 0.2) is 59.5 Å². The Balaban J connectivity index is 1.42. The number of benzene rings is 1. The number of amides is 2. The molecule has 0 radical (unpaired) electrons. The van der Waals surface area contributed by atoms with Crippen LogP contribution in [0.2, 0.25) is 0 Å². The molecule has 0 saturated carbocycles. The van der Waals surface area contributed by atoms with Crippen molar-refractivity contribution < 1.29 is 4.79 Å². The quantitative estimate of drug-likeness (QED) is 0.580. The first-order valence-corrected chi connectivity index (χ1v) is 9.26. The van der Waals surface area contributed by atoms with Crippen LogP contribution in [0.3, 0.4) is 0 Å². The molecule has 3 rings (SSSR count). The van der Waals surface area contributed by atoms with Gasteiger partial charge in [-0.25, -0.2) is 14.3 Å². The molecule has 146 valence electrons. The maximum absolute atomic E-state index is 12.3. The number of urea groups is 1. The van der Waals surface area contributed by atoms with Crippen molar-refractivity contribution in [2.24, 2.45) is 7.05 Å². The van der Waals surface area contributed by atoms with E-state index >= 15 is 0 Å². The number of pyridine rings is 1. The third kappa shape index (κ3) is 5.06. The van der Waals surface area contributed by atoms with Gasteiger partial charge in [-0.15, -0.1) is 5.10 Å². The van der Waals surface area contributed by atoms with E-state index in [1.807, 2.05) is 24.3 Å². The van der Waals surface area contributed by atoms with Crippen molar-refractivity contribution in [2.75, 3.05) is 13.1 Å². The van der Waals surface area contributed by atoms with Gasteiger partial charge in [-0.2, -0.15) is 0 Å². The van der Waals surface area contributed by atoms with Gasteiger partial charge in [0.05, 0.1) is 6.54 Å². The summed E-state index contributed by atoms with van der Waals surface area (Å²) in [4.78, 5) is 28.4. The number of nitrogens with one attached hydrogen (secondary N) is 2. The molecule has 1 aromatic carbocycles. The van der Waals surface area contributed by atoms with Gasteiger partial charge in [-0.05, 0) is 30.5 Å². The molecule has 2 amide bonds. The summed E-state index contributed by atoms with van der Waals surface area (Å²) in [5.74, 6) is 0.496. The van der Waals surface area contributed by atoms with E-state index in [9.17, 15) is 9.59 Å². The van der Waals surface area contributed by atoms with Crippen LogP contribution in [-0.2, 0) is 20.0 Å². The first kappa shape index (κ1) is 19.3. The topological polar surface area (TPSA) is 93.8 Å². The lowest BCUT2D eigenvalue weighted by atomic mass is 10.1. The first-order chi connectivity index (χ1) is 13.6. The molecule has 0 unspecified atom stereocenters. The molecule has 8 nitrogen and oxygen atoms in total. The van der Waals surface area contributed by atoms with Crippen molar-refractivity contribution in [2.45, 2.75) is 19.4 Å². The highest BCUT2D eigenvalue weighted by atomic mass is 16.2. The lowest BCUT2D eigenvalue weighted by Crippen LogP contribution is -2.39. The average Bonchev–Trinajstić information content (AvgIpc) is 3.01. The maximum Gasteiger partial charge on any atom is 0.346 e. The zero-order chi connectivity index (χ0) is 19.8. The van der Waals surface area contributed by atoms with Gasteiger partial charge in [0.1, 0.15) is 5.69 Å². The molecule has 2 heterocycles. The van der Waals surface area contributed by atoms with E-state index in [2.05, 4.69) is 32.8 Å². The van der Waals surface area contributed by atoms with Gasteiger partial charge >= 0.3 is 11.7 Å². The second-order valence-electron chi connectivity index (χ2n) is 6.38. The summed E-state index contributed by atoms with van der Waals surface area (Å²) >= 11 is 0. The fourth-order valence-electron chi connectivity index (χ4n) is 2.83. The Morgan fingerprint density at radius 2 is 1.79 bits per heavy atom. The summed E-state index contributed by atoms with van der Waals surface area (Å²) in [5, 5.41) is 9.89. The van der Waals surface area contributed by atoms with E-state index in [0.717, 1.165) is 12.8 Å². The molecule has 28 heavy (non-hydrogen) atoms. The molecule has 0 atom stereocenters. The predicted octanol–water partition coefficient (Wildman–Crippen LogP) is 1.58. The number of rotatable bonds is 8. The molecule has 0 aliphatic heterocycles. The maximum atomic E-state index is 12.3. The fourth-order valence-corrected chi connectivity index (χ4v) is 2.83. The minimum absolute atomic E-state index is 0.245. The Labute approximate surface area is 163 Å². The molecule has 2 N–H and O–H groups in total. The van der Waals surface area contributed by atoms with Crippen molar-refractivity contribution in [1.29, 1.82) is 0 Å². The molecule has 0 fully saturated rings. The summed E-state index contributed by atoms with van der Waals surface area (Å²) in [6.45, 7) is 1.19. The van der Waals surface area contributed by atoms with Gasteiger partial charge < -0.3 is 10.6 Å². The molecule has 2 aromatic heterocycles. The predicted molar refractivity (Wildman–Crippen MR) is 107 cm³/mol. The SMILES string of the molecule is Cn1c(-c2ccccn2)nn(CCNC(=O)NCCCc2ccccc2)c1=O. The summed E-state index contributed by atoms with van der Waals surface area (Å²) in [7, 11) is 1.66. The number of carbonyl (C=O) groups excluding carboxylic acids is 1. The average molecular weight is 380 g/mol. The molecule has 0 aliphatic carbocycles. The van der Waals surface area contributed by atoms with Crippen LogP contribution in [0.4, 0.5) is 4.79 Å². The molecule has 0 spiro atoms. The highest BCUT2D eigenvalue weighted by Gasteiger charge is 2.12. The largest absolute Gasteiger partial charge is 0.346 e. The minimum atomic E-state index is -0.248. The van der Waals surface area contributed by atoms with Crippen molar-refractivity contribution >= 4 is 6.03 Å². The number of aromatic nitrogens is 4. The Morgan fingerprint density at radius 1 is 1.04 bits per heavy atom. The van der Waals surface area contributed by atoms with Gasteiger partial charge in [0.15, 0.2) is 5.82 Å². The van der Waals surface area contributed by atoms with Gasteiger partial charge in [0, 0.05) is 26.3 Å². The molecule has 0 saturated heterocycles. The summed E-state index contributed by atoms with van der Waals surface area (Å²) in [6.07, 6.45) is 3.44. The Hall–Kier alpha value is -3.42. The summed E-state index contributed by atoms with van der Waals surface area (Å²) in [6, 6.07) is 15.4. The van der Waals surface area contributed by atoms with Crippen LogP contribution in [0.1, 0.15) is 12.0 Å². The number of aryl methyl sites for hydroxylation is 1. The Kier molecular flexibility index (Phi) is 6.56. The van der Waals surface area contributed by atoms with E-state index in [4.69, 9.17) is 0 Å². The van der Waals surface area contributed by atoms with Crippen molar-refractivity contribution in [3.05, 3.63) is 70.8 Å². The normalized spacial score (nSPS) is 10.6. The van der Waals surface area contributed by atoms with Crippen LogP contribution in [0, 0.1) is 0 Å². The van der Waals surface area contributed by atoms with Crippen molar-refractivity contribution in [3.63, 3.8) is 0 Å². The lowest BCUT2D eigenvalue weighted by molar-refractivity contribution is 0.240. The van der Waals surface area contributed by atoms with E-state index in [0.29, 0.717) is 24.6 Å². The summed E-state index contributed by atoms with van der Waals surface area (Å²) in [5.41, 5.74) is 1.64. The molecular formula is C20H24N6O2. The standard InChI is InChI=1S/C20H24N6O2/c1-25-18(17-11-5-6-12-21-17)24-26(20(25)28)15-14-23-19(27)22-13-7-10-16-8-3-2-4-9-16/h2-6,8-9,11-12H,7,10,13-15H2,1H3,(H2,22,23,27). The third-order valence-electron chi connectivity index (χ3n) is 4.31. The van der Waals surface area contributed by atoms with Gasteiger partial charge in [-0.3, -0.25) is 9.55 Å². The van der Waals surface area contributed by atoms with Crippen LogP contribution < -0.4 is 16.3 Å². The van der Waals surface area contributed by atoms with Crippen molar-refractivity contribution in [3.8, 4) is 11.5 Å². The van der Waals surface area contributed by atoms with Crippen LogP contribution >= 0.6 is 0 Å². The zero-order valence-electron chi connectivity index (χ0n) is 15.8. The second kappa shape index (κ2) is 9.50. The molecule has 3 aromatic rings. The van der Waals surface area contributed by atoms with Crippen LogP contribution in [0.5, 0.6) is 0 Å². The van der Waals surface area contributed by atoms with Crippen LogP contribution in [0.25, 0.3) is 11.5 Å². The van der Waals surface area contributed by atoms with Gasteiger partial charge in [-0.1, -0.05) is 36.4 Å². The van der Waals surface area contributed by atoms with Crippen LogP contribution in [-0.4, -0.2) is 38.5 Å². The second-order valence-corrected chi connectivity index (χ2v) is 6.38. The first-order valence-electron chi connectivity index (χ1n) is 9.26. The molecular weight excluding hydrogens is 356 g/mol. The Morgan fingerprint density at radius 3 is 2.54 bits per heavy atom. The van der Waals surface area contributed by atoms with E-state index in [1.165, 1.54) is 14.8 Å². The zero-order valence-corrected chi connectivity index (χ0v) is 15.8. The number of hydrogen-bond acceptors (Lipinski definition) is 4. The van der Waals surface area contributed by atoms with E-state index in [1.54, 1.807) is 25.4 Å². The number of hydrogen-bond donors (Lipinski definition) is 2. The molecule has 0 aliphatic rings. The summed E-state index contributed by atoms with van der Waals surface area (Å²) < 4.78 is 2.78. The van der Waals surface area contributed by atoms with E-state index in [-0.39, 0.29) is 18.3 Å². The smallest absolute Gasteiger partial charge is 0.338 e.